The molecule has 562 valence electrons. The monoisotopic (exact) mass is 1450 g/mol. The van der Waals surface area contributed by atoms with Gasteiger partial charge in [-0.2, -0.15) is 23.5 Å². The Hall–Kier alpha value is -6.09. The van der Waals surface area contributed by atoms with E-state index in [2.05, 4.69) is 53.2 Å². The van der Waals surface area contributed by atoms with Crippen LogP contribution < -0.4 is 64.6 Å². The van der Waals surface area contributed by atoms with E-state index >= 15 is 32.8 Å². The van der Waals surface area contributed by atoms with Crippen molar-refractivity contribution in [3.05, 3.63) is 35.4 Å². The number of benzene rings is 1. The smallest absolute Gasteiger partial charge is 0.305 e. The summed E-state index contributed by atoms with van der Waals surface area (Å²) in [7, 11) is 1.24. The lowest BCUT2D eigenvalue weighted by molar-refractivity contribution is -0.147. The van der Waals surface area contributed by atoms with Crippen LogP contribution in [0, 0.1) is 35.5 Å². The Balaban J connectivity index is 1.03. The fourth-order valence-electron chi connectivity index (χ4n) is 16.6. The molecule has 0 aromatic heterocycles. The average Bonchev–Trinajstić information content (AvgIpc) is 1.73. The van der Waals surface area contributed by atoms with Crippen LogP contribution in [0.2, 0.25) is 0 Å². The number of ketones is 1. The van der Waals surface area contributed by atoms with Gasteiger partial charge >= 0.3 is 5.97 Å². The van der Waals surface area contributed by atoms with Crippen LogP contribution in [0.5, 0.6) is 0 Å². The van der Waals surface area contributed by atoms with Gasteiger partial charge in [0.05, 0.1) is 19.1 Å². The van der Waals surface area contributed by atoms with Crippen molar-refractivity contribution in [1.29, 1.82) is 0 Å². The fourth-order valence-corrected chi connectivity index (χ4v) is 18.5. The summed E-state index contributed by atoms with van der Waals surface area (Å²) in [5.74, 6) is -9.69. The number of carboxylic acid groups (broad SMARTS) is 1. The predicted octanol–water partition coefficient (Wildman–Crippen LogP) is 0.662. The van der Waals surface area contributed by atoms with Crippen molar-refractivity contribution in [1.82, 2.24) is 63.0 Å². The molecule has 3 saturated carbocycles. The number of thioether (sulfide) groups is 2. The third-order valence-electron chi connectivity index (χ3n) is 22.2. The van der Waals surface area contributed by atoms with Crippen LogP contribution in [0.1, 0.15) is 152 Å². The molecule has 4 saturated heterocycles. The number of halogens is 2. The number of alkyl halides is 2. The van der Waals surface area contributed by atoms with E-state index in [1.54, 1.807) is 0 Å². The van der Waals surface area contributed by atoms with Crippen LogP contribution in [0.4, 0.5) is 8.78 Å². The average molecular weight is 1460 g/mol. The Morgan fingerprint density at radius 2 is 1.32 bits per heavy atom. The van der Waals surface area contributed by atoms with Crippen molar-refractivity contribution in [2.24, 2.45) is 47.0 Å². The highest BCUT2D eigenvalue weighted by atomic mass is 32.2. The minimum Gasteiger partial charge on any atom is -0.481 e. The topological polar surface area (TPSA) is 407 Å². The quantitative estimate of drug-likeness (QED) is 0.107. The number of fused-ring (bicyclic) bond motifs is 5. The number of nitrogens with two attached hydrogens (primary N) is 2. The number of aliphatic hydroxyl groups is 1. The van der Waals surface area contributed by atoms with Crippen LogP contribution in [-0.4, -0.2) is 228 Å². The van der Waals surface area contributed by atoms with E-state index in [0.717, 1.165) is 16.0 Å². The number of carbonyl (C=O) groups excluding carboxylic acids is 10. The Morgan fingerprint density at radius 1 is 0.673 bits per heavy atom. The molecule has 0 radical (unpaired) electrons. The number of rotatable bonds is 15. The maximum Gasteiger partial charge on any atom is 0.305 e. The zero-order valence-electron chi connectivity index (χ0n) is 58.1. The molecular weight excluding hydrogens is 1350 g/mol. The summed E-state index contributed by atoms with van der Waals surface area (Å²) < 4.78 is 30.6. The lowest BCUT2D eigenvalue weighted by Gasteiger charge is -2.35. The lowest BCUT2D eigenvalue weighted by atomic mass is 9.76. The molecule has 16 N–H and O–H groups in total. The standard InChI is InChI=1S/C70H108F2N14O13S2/c1-85-59(30-63(91)92)60(88)27-42(24-47-33-75-38-79-47)65(94)82-55(23-39-10-14-48(87)15-11-39)70(99)86-20-5-9-58(86)68(97)84-57(64(74)93)37-101-36-41-7-4-6-40(22-41)35-100-21-18-61(89)80-53(8-2-3-19-73)66(95)78-34-62(90)81-54(25-43-31-76-51-16-12-45(71)28-49(43)51)67(96)83-56(69(85)98)26-44-32-77-52-17-13-46(72)29-50(44)52/h4,6-7,22,39,42-59,75-77,79,87H,2-3,5,8-21,23-38,73H2,1H3,(H2,74,93)(H,78,95)(H,80,89)(H,81,90)(H,82,94)(H,83,96)(H,84,97)(H,91,92)/t39?,42-,43?,44?,45?,46?,47?,48?,49?,50?,51?,52?,53+,54+,55+,56+,57+,58+,59+/m1/s1. The van der Waals surface area contributed by atoms with Gasteiger partial charge < -0.3 is 84.6 Å². The molecule has 2 bridgehead atoms. The van der Waals surface area contributed by atoms with Gasteiger partial charge in [0.2, 0.25) is 53.2 Å². The van der Waals surface area contributed by atoms with E-state index in [0.29, 0.717) is 121 Å². The summed E-state index contributed by atoms with van der Waals surface area (Å²) in [5, 5.41) is 51.3. The van der Waals surface area contributed by atoms with E-state index in [-0.39, 0.29) is 112 Å². The second kappa shape index (κ2) is 38.6. The van der Waals surface area contributed by atoms with Crippen LogP contribution in [0.3, 0.4) is 0 Å². The van der Waals surface area contributed by atoms with Crippen molar-refractivity contribution in [3.63, 3.8) is 0 Å². The molecule has 5 aliphatic heterocycles. The van der Waals surface area contributed by atoms with Gasteiger partial charge in [-0.3, -0.25) is 52.7 Å². The SMILES string of the molecule is CN1C(=O)[C@H](CC2CNC3CCC(F)CC23)NC(=O)[C@H](CC2CNC3CCC(F)CC23)NC(=O)CNC(=O)[C@H](CCCCN)NC(=O)CCSCc2cccc(c2)CSC[C@@H](C(N)=O)NC(=O)[C@@H]2CCCN2C(=O)[C@H](CC2CCC(O)CC2)NC(=O)[C@H](CC2CNCN2)CC(=O)[C@@H]1CC(=O)O. The molecule has 27 nitrogen and oxygen atoms in total. The number of aliphatic hydroxyl groups excluding tert-OH is 1. The number of carbonyl (C=O) groups is 11. The van der Waals surface area contributed by atoms with Gasteiger partial charge in [0.25, 0.3) is 0 Å². The van der Waals surface area contributed by atoms with Crippen LogP contribution in [-0.2, 0) is 64.2 Å². The predicted molar refractivity (Wildman–Crippen MR) is 376 cm³/mol. The summed E-state index contributed by atoms with van der Waals surface area (Å²) in [5.41, 5.74) is 13.6. The molecule has 1 aromatic rings. The first-order valence-electron chi connectivity index (χ1n) is 36.7. The Labute approximate surface area is 598 Å². The highest BCUT2D eigenvalue weighted by Crippen LogP contribution is 2.40. The van der Waals surface area contributed by atoms with E-state index in [1.165, 1.54) is 35.5 Å². The molecule has 17 atom stereocenters. The van der Waals surface area contributed by atoms with Gasteiger partial charge in [-0.25, -0.2) is 8.78 Å². The second-order valence-electron chi connectivity index (χ2n) is 29.4. The number of likely N-dealkylation sites (N-methyl/N-ethyl adjacent to an activating group) is 1. The maximum atomic E-state index is 15.6. The lowest BCUT2D eigenvalue weighted by Crippen LogP contribution is -2.58. The minimum atomic E-state index is -1.74. The number of carboxylic acids is 1. The molecule has 8 aliphatic rings. The van der Waals surface area contributed by atoms with Gasteiger partial charge in [0.1, 0.15) is 54.6 Å². The summed E-state index contributed by atoms with van der Waals surface area (Å²) in [4.78, 5) is 161. The summed E-state index contributed by atoms with van der Waals surface area (Å²) in [6, 6.07) is -1.89. The number of hydrogen-bond donors (Lipinski definition) is 14. The van der Waals surface area contributed by atoms with E-state index in [4.69, 9.17) is 11.5 Å². The zero-order chi connectivity index (χ0) is 72.3. The zero-order valence-corrected chi connectivity index (χ0v) is 59.8. The maximum absolute atomic E-state index is 15.6. The molecule has 1 aromatic carbocycles. The highest BCUT2D eigenvalue weighted by Gasteiger charge is 2.47. The van der Waals surface area contributed by atoms with Gasteiger partial charge in [-0.05, 0) is 182 Å². The largest absolute Gasteiger partial charge is 0.481 e. The Kier molecular flexibility index (Phi) is 30.2. The number of nitrogens with one attached hydrogen (secondary N) is 10. The number of nitrogens with zero attached hydrogens (tertiary/aromatic N) is 2. The Morgan fingerprint density at radius 3 is 1.96 bits per heavy atom. The minimum absolute atomic E-state index is 0.0165. The van der Waals surface area contributed by atoms with Crippen molar-refractivity contribution in [2.75, 3.05) is 64.5 Å². The number of aliphatic carboxylic acids is 1. The first-order valence-corrected chi connectivity index (χ1v) is 39.0. The van der Waals surface area contributed by atoms with Gasteiger partial charge in [-0.1, -0.05) is 24.3 Å². The van der Waals surface area contributed by atoms with Crippen molar-refractivity contribution in [3.8, 4) is 0 Å². The van der Waals surface area contributed by atoms with Crippen LogP contribution in [0.25, 0.3) is 0 Å². The van der Waals surface area contributed by atoms with Gasteiger partial charge in [0.15, 0.2) is 5.78 Å². The highest BCUT2D eigenvalue weighted by molar-refractivity contribution is 7.98. The number of Topliss-reactive ketones (excluding diaryl/α,β-unsaturated/α-hetero) is 1. The Bertz CT molecular complexity index is 3040. The van der Waals surface area contributed by atoms with Gasteiger partial charge in [-0.15, -0.1) is 0 Å². The van der Waals surface area contributed by atoms with Crippen molar-refractivity contribution in [2.45, 2.75) is 232 Å². The number of amides is 9. The van der Waals surface area contributed by atoms with Crippen molar-refractivity contribution >= 4 is 88.4 Å². The third kappa shape index (κ3) is 23.0. The second-order valence-corrected chi connectivity index (χ2v) is 31.6. The summed E-state index contributed by atoms with van der Waals surface area (Å²) in [6.45, 7) is 1.30. The molecule has 3 aliphatic carbocycles. The third-order valence-corrected chi connectivity index (χ3v) is 24.3. The summed E-state index contributed by atoms with van der Waals surface area (Å²) in [6.07, 6.45) is 1.75. The molecule has 101 heavy (non-hydrogen) atoms. The van der Waals surface area contributed by atoms with E-state index in [1.807, 2.05) is 24.3 Å². The molecule has 9 rings (SSSR count). The first-order chi connectivity index (χ1) is 48.5. The molecule has 31 heteroatoms. The number of hydrogen-bond acceptors (Lipinski definition) is 19. The van der Waals surface area contributed by atoms with E-state index < -0.39 is 157 Å². The first kappa shape index (κ1) is 79.0. The number of unbranched alkanes of at least 4 members (excludes halogenated alkanes) is 1. The van der Waals surface area contributed by atoms with E-state index in [9.17, 15) is 39.0 Å². The molecule has 0 spiro atoms. The molecule has 5 heterocycles. The molecule has 7 fully saturated rings. The molecular formula is C70H108F2N14O13S2. The van der Waals surface area contributed by atoms with Crippen LogP contribution >= 0.6 is 23.5 Å². The molecule has 9 unspecified atom stereocenters. The van der Waals surface area contributed by atoms with Crippen molar-refractivity contribution < 1.29 is 71.7 Å². The summed E-state index contributed by atoms with van der Waals surface area (Å²) >= 11 is 2.87. The molecule has 9 amide bonds. The van der Waals surface area contributed by atoms with Gasteiger partial charge in [0, 0.05) is 86.7 Å². The van der Waals surface area contributed by atoms with Crippen LogP contribution in [0.15, 0.2) is 24.3 Å². The number of primary amides is 1. The normalized spacial score (nSPS) is 34.8. The fraction of sp³-hybridized carbons (Fsp3) is 0.757.